The molecule has 0 bridgehead atoms. The van der Waals surface area contributed by atoms with E-state index in [4.69, 9.17) is 5.73 Å². The van der Waals surface area contributed by atoms with E-state index in [0.717, 1.165) is 11.2 Å². The maximum Gasteiger partial charge on any atom is 0.222 e. The molecule has 0 amide bonds. The van der Waals surface area contributed by atoms with Crippen LogP contribution in [0.4, 0.5) is 5.95 Å². The third-order valence-corrected chi connectivity index (χ3v) is 2.19. The minimum atomic E-state index is 0.286. The number of hydrogen-bond acceptors (Lipinski definition) is 4. The van der Waals surface area contributed by atoms with Crippen LogP contribution in [0.3, 0.4) is 0 Å². The molecule has 2 aromatic heterocycles. The van der Waals surface area contributed by atoms with Gasteiger partial charge in [-0.2, -0.15) is 4.98 Å². The van der Waals surface area contributed by atoms with E-state index in [1.165, 1.54) is 18.4 Å². The molecule has 0 unspecified atom stereocenters. The number of imidazole rings is 1. The van der Waals surface area contributed by atoms with Crippen molar-refractivity contribution in [1.29, 1.82) is 0 Å². The fourth-order valence-electron chi connectivity index (χ4n) is 1.33. The van der Waals surface area contributed by atoms with Crippen molar-refractivity contribution >= 4 is 23.3 Å². The standard InChI is InChI=1S/C9H9N5/c10-9-11-3-7-8(13-9)14(5-12-7)4-6-1-2-6/h3-5H,1-2H2,(H2,10,11,13). The Morgan fingerprint density at radius 2 is 2.21 bits per heavy atom. The second kappa shape index (κ2) is 2.54. The van der Waals surface area contributed by atoms with E-state index in [0.29, 0.717) is 0 Å². The first-order valence-electron chi connectivity index (χ1n) is 4.47. The van der Waals surface area contributed by atoms with Gasteiger partial charge in [0.05, 0.1) is 6.20 Å². The van der Waals surface area contributed by atoms with E-state index < -0.39 is 0 Å². The summed E-state index contributed by atoms with van der Waals surface area (Å²) in [5.74, 6) is 0.286. The summed E-state index contributed by atoms with van der Waals surface area (Å²) in [5.41, 5.74) is 8.48. The van der Waals surface area contributed by atoms with E-state index >= 15 is 0 Å². The lowest BCUT2D eigenvalue weighted by Crippen LogP contribution is -1.95. The number of nitrogens with zero attached hydrogens (tertiary/aromatic N) is 4. The zero-order valence-electron chi connectivity index (χ0n) is 7.51. The predicted octanol–water partition coefficient (Wildman–Crippen LogP) is 1.04. The number of fused-ring (bicyclic) bond motifs is 1. The van der Waals surface area contributed by atoms with Gasteiger partial charge >= 0.3 is 0 Å². The Kier molecular flexibility index (Phi) is 1.36. The molecule has 1 aliphatic rings. The highest BCUT2D eigenvalue weighted by atomic mass is 15.1. The average Bonchev–Trinajstić information content (AvgIpc) is 2.90. The van der Waals surface area contributed by atoms with Crippen LogP contribution in [0, 0.1) is 0 Å². The fraction of sp³-hybridized carbons (Fsp3) is 0.222. The van der Waals surface area contributed by atoms with Crippen molar-refractivity contribution in [2.75, 3.05) is 5.73 Å². The van der Waals surface area contributed by atoms with Crippen molar-refractivity contribution < 1.29 is 0 Å². The molecule has 5 nitrogen and oxygen atoms in total. The van der Waals surface area contributed by atoms with Crippen LogP contribution in [-0.2, 0) is 0 Å². The Morgan fingerprint density at radius 3 is 3.00 bits per heavy atom. The van der Waals surface area contributed by atoms with Crippen molar-refractivity contribution in [3.05, 3.63) is 18.1 Å². The van der Waals surface area contributed by atoms with Gasteiger partial charge in [-0.1, -0.05) is 5.57 Å². The Balaban J connectivity index is 2.23. The lowest BCUT2D eigenvalue weighted by atomic mass is 10.5. The van der Waals surface area contributed by atoms with E-state index in [1.54, 1.807) is 12.5 Å². The zero-order chi connectivity index (χ0) is 9.54. The van der Waals surface area contributed by atoms with Gasteiger partial charge < -0.3 is 5.73 Å². The van der Waals surface area contributed by atoms with Crippen LogP contribution in [0.5, 0.6) is 0 Å². The van der Waals surface area contributed by atoms with Crippen LogP contribution in [0.1, 0.15) is 12.8 Å². The normalized spacial score (nSPS) is 14.7. The van der Waals surface area contributed by atoms with Crippen LogP contribution in [-0.4, -0.2) is 19.5 Å². The molecule has 0 saturated heterocycles. The van der Waals surface area contributed by atoms with Gasteiger partial charge in [0.1, 0.15) is 11.8 Å². The first kappa shape index (κ1) is 7.49. The molecule has 2 heterocycles. The van der Waals surface area contributed by atoms with Gasteiger partial charge in [-0.25, -0.2) is 9.97 Å². The molecule has 1 fully saturated rings. The van der Waals surface area contributed by atoms with Crippen LogP contribution < -0.4 is 5.73 Å². The molecule has 0 spiro atoms. The maximum absolute atomic E-state index is 5.51. The van der Waals surface area contributed by atoms with Crippen molar-refractivity contribution in [2.24, 2.45) is 0 Å². The topological polar surface area (TPSA) is 69.6 Å². The summed E-state index contributed by atoms with van der Waals surface area (Å²) in [4.78, 5) is 12.2. The van der Waals surface area contributed by atoms with Crippen molar-refractivity contribution in [3.8, 4) is 0 Å². The molecule has 2 aromatic rings. The summed E-state index contributed by atoms with van der Waals surface area (Å²) < 4.78 is 1.90. The smallest absolute Gasteiger partial charge is 0.222 e. The van der Waals surface area contributed by atoms with Gasteiger partial charge in [0.2, 0.25) is 5.95 Å². The number of anilines is 1. The molecular formula is C9H9N5. The quantitative estimate of drug-likeness (QED) is 0.724. The second-order valence-corrected chi connectivity index (χ2v) is 3.38. The maximum atomic E-state index is 5.51. The number of hydrogen-bond donors (Lipinski definition) is 1. The van der Waals surface area contributed by atoms with Gasteiger partial charge in [-0.3, -0.25) is 4.57 Å². The summed E-state index contributed by atoms with van der Waals surface area (Å²) >= 11 is 0. The largest absolute Gasteiger partial charge is 0.368 e. The minimum absolute atomic E-state index is 0.286. The summed E-state index contributed by atoms with van der Waals surface area (Å²) in [7, 11) is 0. The van der Waals surface area contributed by atoms with Gasteiger partial charge in [0.25, 0.3) is 0 Å². The summed E-state index contributed by atoms with van der Waals surface area (Å²) in [6.45, 7) is 0. The summed E-state index contributed by atoms with van der Waals surface area (Å²) in [6, 6.07) is 0. The third kappa shape index (κ3) is 1.14. The molecular weight excluding hydrogens is 178 g/mol. The van der Waals surface area contributed by atoms with E-state index in [2.05, 4.69) is 21.2 Å². The van der Waals surface area contributed by atoms with E-state index in [-0.39, 0.29) is 5.95 Å². The fourth-order valence-corrected chi connectivity index (χ4v) is 1.33. The zero-order valence-corrected chi connectivity index (χ0v) is 7.51. The average molecular weight is 187 g/mol. The molecule has 1 aliphatic carbocycles. The molecule has 0 atom stereocenters. The first-order valence-corrected chi connectivity index (χ1v) is 4.47. The SMILES string of the molecule is Nc1ncc2ncn(C=C3CC3)c2n1. The molecule has 70 valence electrons. The number of rotatable bonds is 1. The van der Waals surface area contributed by atoms with Gasteiger partial charge in [-0.15, -0.1) is 0 Å². The molecule has 3 rings (SSSR count). The molecule has 0 radical (unpaired) electrons. The van der Waals surface area contributed by atoms with E-state index in [1.807, 2.05) is 4.57 Å². The van der Waals surface area contributed by atoms with Gasteiger partial charge in [-0.05, 0) is 12.8 Å². The highest BCUT2D eigenvalue weighted by molar-refractivity contribution is 5.73. The molecule has 0 aliphatic heterocycles. The Labute approximate surface area is 80.3 Å². The highest BCUT2D eigenvalue weighted by Gasteiger charge is 2.12. The highest BCUT2D eigenvalue weighted by Crippen LogP contribution is 2.28. The van der Waals surface area contributed by atoms with Crippen LogP contribution in [0.25, 0.3) is 17.4 Å². The molecule has 14 heavy (non-hydrogen) atoms. The van der Waals surface area contributed by atoms with E-state index in [9.17, 15) is 0 Å². The Bertz CT molecular complexity index is 519. The molecule has 2 N–H and O–H groups in total. The van der Waals surface area contributed by atoms with Crippen LogP contribution >= 0.6 is 0 Å². The van der Waals surface area contributed by atoms with Crippen molar-refractivity contribution in [3.63, 3.8) is 0 Å². The lowest BCUT2D eigenvalue weighted by molar-refractivity contribution is 1.13. The first-order chi connectivity index (χ1) is 6.83. The predicted molar refractivity (Wildman–Crippen MR) is 53.2 cm³/mol. The summed E-state index contributed by atoms with van der Waals surface area (Å²) in [6.07, 6.45) is 7.80. The molecule has 5 heteroatoms. The molecule has 1 saturated carbocycles. The number of nitrogens with two attached hydrogens (primary N) is 1. The van der Waals surface area contributed by atoms with Crippen LogP contribution in [0.15, 0.2) is 18.1 Å². The third-order valence-electron chi connectivity index (χ3n) is 2.19. The Morgan fingerprint density at radius 1 is 1.36 bits per heavy atom. The van der Waals surface area contributed by atoms with Crippen molar-refractivity contribution in [1.82, 2.24) is 19.5 Å². The number of nitrogen functional groups attached to an aromatic ring is 1. The minimum Gasteiger partial charge on any atom is -0.368 e. The number of allylic oxidation sites excluding steroid dienone is 1. The monoisotopic (exact) mass is 187 g/mol. The van der Waals surface area contributed by atoms with Crippen molar-refractivity contribution in [2.45, 2.75) is 12.8 Å². The second-order valence-electron chi connectivity index (χ2n) is 3.38. The number of aromatic nitrogens is 4. The van der Waals surface area contributed by atoms with Crippen LogP contribution in [0.2, 0.25) is 0 Å². The van der Waals surface area contributed by atoms with Gasteiger partial charge in [0.15, 0.2) is 5.65 Å². The Hall–Kier alpha value is -1.91. The molecule has 0 aromatic carbocycles. The summed E-state index contributed by atoms with van der Waals surface area (Å²) in [5, 5.41) is 0. The lowest BCUT2D eigenvalue weighted by Gasteiger charge is -1.94. The van der Waals surface area contributed by atoms with Gasteiger partial charge in [0, 0.05) is 6.20 Å².